The fraction of sp³-hybridized carbons (Fsp3) is 0.429. The van der Waals surface area contributed by atoms with E-state index in [0.717, 1.165) is 0 Å². The van der Waals surface area contributed by atoms with E-state index in [0.29, 0.717) is 0 Å². The molecule has 0 radical (unpaired) electrons. The first-order valence-corrected chi connectivity index (χ1v) is 24.2. The second kappa shape index (κ2) is 21.3. The van der Waals surface area contributed by atoms with Gasteiger partial charge in [0, 0.05) is 37.0 Å². The average Bonchev–Trinajstić information content (AvgIpc) is 3.15. The predicted octanol–water partition coefficient (Wildman–Crippen LogP) is 11.6. The van der Waals surface area contributed by atoms with E-state index in [1.54, 1.807) is 0 Å². The molecule has 0 aliphatic rings. The smallest absolute Gasteiger partial charge is 0.204 e. The van der Waals surface area contributed by atoms with Gasteiger partial charge < -0.3 is 0 Å². The second-order valence-electron chi connectivity index (χ2n) is 14.7. The Morgan fingerprint density at radius 1 is 0.328 bits per heavy atom. The molecule has 0 fully saturated rings. The molecule has 4 aromatic rings. The molecule has 0 unspecified atom stereocenters. The summed E-state index contributed by atoms with van der Waals surface area (Å²) in [5, 5.41) is 0. The molecule has 0 heterocycles. The molecule has 1 nitrogen and oxygen atoms in total. The van der Waals surface area contributed by atoms with E-state index in [1.807, 2.05) is 0 Å². The molecular formula is C42H50BF12NP2. The summed E-state index contributed by atoms with van der Waals surface area (Å²) in [6.07, 6.45) is 12.5. The quantitative estimate of drug-likeness (QED) is 0.0350. The zero-order valence-corrected chi connectivity index (χ0v) is 35.3. The van der Waals surface area contributed by atoms with Crippen LogP contribution in [0.2, 0.25) is 0 Å². The van der Waals surface area contributed by atoms with Crippen LogP contribution in [0.25, 0.3) is 0 Å². The summed E-state index contributed by atoms with van der Waals surface area (Å²) in [4.78, 5) is 0. The van der Waals surface area contributed by atoms with E-state index in [9.17, 15) is 52.7 Å². The molecule has 0 N–H and O–H groups in total. The normalized spacial score (nSPS) is 12.0. The Balaban J connectivity index is 0.000000367. The van der Waals surface area contributed by atoms with Crippen molar-refractivity contribution in [3.8, 4) is 0 Å². The lowest BCUT2D eigenvalue weighted by Crippen LogP contribution is -2.75. The van der Waals surface area contributed by atoms with E-state index in [2.05, 4.69) is 41.5 Å². The highest BCUT2D eigenvalue weighted by Gasteiger charge is 2.38. The van der Waals surface area contributed by atoms with Gasteiger partial charge in [-0.25, -0.2) is 52.7 Å². The van der Waals surface area contributed by atoms with Crippen molar-refractivity contribution in [1.29, 1.82) is 0 Å². The van der Waals surface area contributed by atoms with Gasteiger partial charge in [0.2, 0.25) is 14.1 Å². The Morgan fingerprint density at radius 2 is 0.483 bits per heavy atom. The lowest BCUT2D eigenvalue weighted by molar-refractivity contribution is 0.447. The molecule has 0 saturated heterocycles. The maximum Gasteiger partial charge on any atom is 0.216 e. The van der Waals surface area contributed by atoms with Crippen LogP contribution in [0.5, 0.6) is 0 Å². The van der Waals surface area contributed by atoms with Crippen molar-refractivity contribution in [2.45, 2.75) is 80.1 Å². The van der Waals surface area contributed by atoms with Crippen LogP contribution in [0.4, 0.5) is 52.7 Å². The molecule has 16 heteroatoms. The standard InChI is InChI=1S/C24H8BF12.C18H42NP2/c26-13-1-9(2-14(27)21(13)34)25(10-3-15(28)22(35)16(29)4-10,11-5-17(30)23(36)18(31)6-11)12-7-19(32)24(37)20(33)8-12;1-7-13-20(14-8-2,15-9-3)19-21(16-10-4,17-11-5)18-12-6/h1-8H;7-18H2,1-6H3/q-1;+1. The van der Waals surface area contributed by atoms with Crippen LogP contribution in [-0.4, -0.2) is 43.1 Å². The first kappa shape index (κ1) is 49.0. The molecular weight excluding hydrogens is 819 g/mol. The fourth-order valence-electron chi connectivity index (χ4n) is 8.29. The molecule has 0 aliphatic heterocycles. The summed E-state index contributed by atoms with van der Waals surface area (Å²) in [6.45, 7) is 14.2. The first-order valence-electron chi connectivity index (χ1n) is 19.6. The zero-order chi connectivity index (χ0) is 43.6. The van der Waals surface area contributed by atoms with E-state index in [-0.39, 0.29) is 48.5 Å². The molecule has 0 amide bonds. The Bertz CT molecular complexity index is 1780. The molecule has 0 bridgehead atoms. The van der Waals surface area contributed by atoms with Gasteiger partial charge in [0.05, 0.1) is 0 Å². The van der Waals surface area contributed by atoms with Crippen LogP contribution in [0.3, 0.4) is 0 Å². The van der Waals surface area contributed by atoms with Gasteiger partial charge in [0.15, 0.2) is 69.8 Å². The van der Waals surface area contributed by atoms with E-state index in [4.69, 9.17) is 4.17 Å². The molecule has 58 heavy (non-hydrogen) atoms. The third-order valence-electron chi connectivity index (χ3n) is 10.2. The van der Waals surface area contributed by atoms with Crippen LogP contribution < -0.4 is 26.0 Å². The number of hydrogen-bond acceptors (Lipinski definition) is 0. The van der Waals surface area contributed by atoms with Gasteiger partial charge >= 0.3 is 0 Å². The molecule has 0 spiro atoms. The summed E-state index contributed by atoms with van der Waals surface area (Å²) in [7, 11) is -2.06. The van der Waals surface area contributed by atoms with Crippen LogP contribution in [0, 0.1) is 69.8 Å². The minimum atomic E-state index is -4.01. The van der Waals surface area contributed by atoms with Gasteiger partial charge in [-0.15, -0.1) is 0 Å². The summed E-state index contributed by atoms with van der Waals surface area (Å²) in [6, 6.07) is 1.41. The van der Waals surface area contributed by atoms with Crippen molar-refractivity contribution in [2.75, 3.05) is 37.0 Å². The van der Waals surface area contributed by atoms with Gasteiger partial charge in [-0.05, 0) is 38.5 Å². The third kappa shape index (κ3) is 10.7. The lowest BCUT2D eigenvalue weighted by Gasteiger charge is -2.44. The monoisotopic (exact) mass is 869 g/mol. The molecule has 0 aromatic heterocycles. The third-order valence-corrected chi connectivity index (χ3v) is 21.0. The summed E-state index contributed by atoms with van der Waals surface area (Å²) in [5.74, 6) is -24.0. The van der Waals surface area contributed by atoms with Gasteiger partial charge in [-0.1, -0.05) is 90.1 Å². The molecule has 320 valence electrons. The van der Waals surface area contributed by atoms with Crippen molar-refractivity contribution in [1.82, 2.24) is 4.17 Å². The minimum Gasteiger partial charge on any atom is -0.204 e. The van der Waals surface area contributed by atoms with Crippen LogP contribution in [-0.2, 0) is 0 Å². The van der Waals surface area contributed by atoms with Gasteiger partial charge in [-0.3, -0.25) is 0 Å². The van der Waals surface area contributed by atoms with E-state index in [1.165, 1.54) is 75.5 Å². The van der Waals surface area contributed by atoms with Crippen molar-refractivity contribution < 1.29 is 52.7 Å². The number of halogens is 12. The summed E-state index contributed by atoms with van der Waals surface area (Å²) in [5.41, 5.74) is -3.79. The van der Waals surface area contributed by atoms with Gasteiger partial charge in [0.1, 0.15) is 6.15 Å². The first-order chi connectivity index (χ1) is 27.4. The Kier molecular flexibility index (Phi) is 18.0. The van der Waals surface area contributed by atoms with Crippen LogP contribution in [0.1, 0.15) is 80.1 Å². The molecule has 0 atom stereocenters. The minimum absolute atomic E-state index is 0.177. The maximum absolute atomic E-state index is 14.4. The highest BCUT2D eigenvalue weighted by Crippen LogP contribution is 2.55. The SMILES string of the molecule is CCCP(CCC)(CCC)=[N+]=P(CCC)(CCC)CCC.Fc1cc([B-](c2cc(F)c(F)c(F)c2)(c2cc(F)c(F)c(F)c2)c2cc(F)c(F)c(F)c2)cc(F)c1F. The predicted molar refractivity (Wildman–Crippen MR) is 216 cm³/mol. The number of benzene rings is 4. The summed E-state index contributed by atoms with van der Waals surface area (Å²) < 4.78 is 176. The number of hydrogen-bond donors (Lipinski definition) is 0. The Hall–Kier alpha value is -3.33. The Labute approximate surface area is 333 Å². The molecule has 4 rings (SSSR count). The van der Waals surface area contributed by atoms with Gasteiger partial charge in [0.25, 0.3) is 0 Å². The molecule has 0 aliphatic carbocycles. The van der Waals surface area contributed by atoms with E-state index >= 15 is 0 Å². The average molecular weight is 870 g/mol. The van der Waals surface area contributed by atoms with Crippen LogP contribution >= 0.6 is 14.1 Å². The zero-order valence-electron chi connectivity index (χ0n) is 33.6. The largest absolute Gasteiger partial charge is 0.216 e. The Morgan fingerprint density at radius 3 is 0.621 bits per heavy atom. The van der Waals surface area contributed by atoms with E-state index < -0.39 is 112 Å². The molecule has 4 aromatic carbocycles. The second-order valence-corrected chi connectivity index (χ2v) is 22.5. The highest BCUT2D eigenvalue weighted by atomic mass is 31.2. The highest BCUT2D eigenvalue weighted by molar-refractivity contribution is 7.73. The van der Waals surface area contributed by atoms with Crippen LogP contribution in [0.15, 0.2) is 48.5 Å². The van der Waals surface area contributed by atoms with Crippen molar-refractivity contribution in [2.24, 2.45) is 0 Å². The van der Waals surface area contributed by atoms with Crippen molar-refractivity contribution >= 4 is 42.1 Å². The number of rotatable bonds is 16. The van der Waals surface area contributed by atoms with Crippen molar-refractivity contribution in [3.63, 3.8) is 0 Å². The number of nitrogens with zero attached hydrogens (tertiary/aromatic N) is 1. The fourth-order valence-corrected chi connectivity index (χ4v) is 20.0. The summed E-state index contributed by atoms with van der Waals surface area (Å²) >= 11 is 0. The van der Waals surface area contributed by atoms with Gasteiger partial charge in [-0.2, -0.15) is 26.0 Å². The van der Waals surface area contributed by atoms with Crippen molar-refractivity contribution in [3.05, 3.63) is 118 Å². The topological polar surface area (TPSA) is 14.1 Å². The maximum atomic E-state index is 14.4. The molecule has 0 saturated carbocycles. The lowest BCUT2D eigenvalue weighted by atomic mass is 9.13.